The highest BCUT2D eigenvalue weighted by atomic mass is 19.1. The molecule has 0 saturated heterocycles. The lowest BCUT2D eigenvalue weighted by molar-refractivity contribution is -0.131. The fraction of sp³-hybridized carbons (Fsp3) is 0.400. The monoisotopic (exact) mass is 265 g/mol. The van der Waals surface area contributed by atoms with Crippen molar-refractivity contribution in [2.45, 2.75) is 32.7 Å². The number of benzene rings is 1. The summed E-state index contributed by atoms with van der Waals surface area (Å²) in [6, 6.07) is 4.40. The van der Waals surface area contributed by atoms with Crippen molar-refractivity contribution < 1.29 is 14.3 Å². The van der Waals surface area contributed by atoms with Crippen LogP contribution in [0.4, 0.5) is 10.1 Å². The van der Waals surface area contributed by atoms with Crippen molar-refractivity contribution >= 4 is 17.7 Å². The van der Waals surface area contributed by atoms with Crippen molar-refractivity contribution in [3.05, 3.63) is 35.7 Å². The molecule has 0 spiro atoms. The maximum Gasteiger partial charge on any atom is 0.328 e. The zero-order valence-electron chi connectivity index (χ0n) is 11.8. The van der Waals surface area contributed by atoms with Crippen molar-refractivity contribution in [3.63, 3.8) is 0 Å². The van der Waals surface area contributed by atoms with Gasteiger partial charge in [0.05, 0.1) is 0 Å². The Labute approximate surface area is 113 Å². The SMILES string of the molecule is CCC(C)(C)N(C)c1ccc(F)cc1C=CC(=O)O. The van der Waals surface area contributed by atoms with Crippen LogP contribution in [0.1, 0.15) is 32.8 Å². The maximum atomic E-state index is 13.3. The standard InChI is InChI=1S/C15H20FNO2/c1-5-15(2,3)17(4)13-8-7-12(16)10-11(13)6-9-14(18)19/h6-10H,5H2,1-4H3,(H,18,19). The summed E-state index contributed by atoms with van der Waals surface area (Å²) in [6.07, 6.45) is 3.36. The Kier molecular flexibility index (Phi) is 4.70. The van der Waals surface area contributed by atoms with Crippen LogP contribution >= 0.6 is 0 Å². The predicted octanol–water partition coefficient (Wildman–Crippen LogP) is 3.55. The number of carboxylic acids is 1. The van der Waals surface area contributed by atoms with Crippen LogP contribution in [0.2, 0.25) is 0 Å². The van der Waals surface area contributed by atoms with Gasteiger partial charge >= 0.3 is 5.97 Å². The molecule has 1 aromatic carbocycles. The first-order valence-electron chi connectivity index (χ1n) is 6.22. The number of aliphatic carboxylic acids is 1. The number of halogens is 1. The highest BCUT2D eigenvalue weighted by Crippen LogP contribution is 2.29. The van der Waals surface area contributed by atoms with Crippen molar-refractivity contribution in [1.82, 2.24) is 0 Å². The first kappa shape index (κ1) is 15.2. The molecular weight excluding hydrogens is 245 g/mol. The molecule has 3 nitrogen and oxygen atoms in total. The van der Waals surface area contributed by atoms with E-state index in [1.54, 1.807) is 6.07 Å². The molecule has 0 aliphatic rings. The van der Waals surface area contributed by atoms with Crippen molar-refractivity contribution in [3.8, 4) is 0 Å². The quantitative estimate of drug-likeness (QED) is 0.828. The number of hydrogen-bond donors (Lipinski definition) is 1. The van der Waals surface area contributed by atoms with Crippen molar-refractivity contribution in [2.75, 3.05) is 11.9 Å². The van der Waals surface area contributed by atoms with Gasteiger partial charge in [-0.2, -0.15) is 0 Å². The molecule has 0 aromatic heterocycles. The Morgan fingerprint density at radius 2 is 2.11 bits per heavy atom. The van der Waals surface area contributed by atoms with Gasteiger partial charge in [0.2, 0.25) is 0 Å². The largest absolute Gasteiger partial charge is 0.478 e. The lowest BCUT2D eigenvalue weighted by Crippen LogP contribution is -2.40. The molecule has 1 aromatic rings. The van der Waals surface area contributed by atoms with Crippen LogP contribution in [-0.2, 0) is 4.79 Å². The minimum Gasteiger partial charge on any atom is -0.478 e. The van der Waals surface area contributed by atoms with Crippen LogP contribution in [0, 0.1) is 5.82 Å². The molecule has 0 aliphatic carbocycles. The molecule has 0 aliphatic heterocycles. The van der Waals surface area contributed by atoms with Crippen LogP contribution in [0.25, 0.3) is 6.08 Å². The number of rotatable bonds is 5. The van der Waals surface area contributed by atoms with Crippen molar-refractivity contribution in [2.24, 2.45) is 0 Å². The van der Waals surface area contributed by atoms with Gasteiger partial charge in [-0.15, -0.1) is 0 Å². The van der Waals surface area contributed by atoms with E-state index in [9.17, 15) is 9.18 Å². The van der Waals surface area contributed by atoms with E-state index in [1.165, 1.54) is 18.2 Å². The summed E-state index contributed by atoms with van der Waals surface area (Å²) in [4.78, 5) is 12.6. The molecule has 0 radical (unpaired) electrons. The highest BCUT2D eigenvalue weighted by Gasteiger charge is 2.23. The Morgan fingerprint density at radius 3 is 2.63 bits per heavy atom. The Bertz CT molecular complexity index is 495. The third-order valence-corrected chi connectivity index (χ3v) is 3.53. The lowest BCUT2D eigenvalue weighted by Gasteiger charge is -2.37. The second-order valence-corrected chi connectivity index (χ2v) is 5.10. The zero-order chi connectivity index (χ0) is 14.6. The topological polar surface area (TPSA) is 40.5 Å². The van der Waals surface area contributed by atoms with Gasteiger partial charge in [-0.1, -0.05) is 6.92 Å². The van der Waals surface area contributed by atoms with E-state index in [4.69, 9.17) is 5.11 Å². The van der Waals surface area contributed by atoms with Crippen LogP contribution < -0.4 is 4.90 Å². The minimum atomic E-state index is -1.05. The summed E-state index contributed by atoms with van der Waals surface area (Å²) in [6.45, 7) is 6.24. The third kappa shape index (κ3) is 3.81. The number of carboxylic acid groups (broad SMARTS) is 1. The number of carbonyl (C=O) groups is 1. The molecule has 1 N–H and O–H groups in total. The Morgan fingerprint density at radius 1 is 1.47 bits per heavy atom. The molecular formula is C15H20FNO2. The molecule has 0 bridgehead atoms. The normalized spacial score (nSPS) is 11.8. The summed E-state index contributed by atoms with van der Waals surface area (Å²) in [5, 5.41) is 8.69. The second kappa shape index (κ2) is 5.87. The number of nitrogens with zero attached hydrogens (tertiary/aromatic N) is 1. The molecule has 0 atom stereocenters. The number of hydrogen-bond acceptors (Lipinski definition) is 2. The minimum absolute atomic E-state index is 0.0936. The molecule has 0 fully saturated rings. The zero-order valence-corrected chi connectivity index (χ0v) is 11.8. The predicted molar refractivity (Wildman–Crippen MR) is 75.8 cm³/mol. The lowest BCUT2D eigenvalue weighted by atomic mass is 9.98. The van der Waals surface area contributed by atoms with E-state index in [1.807, 2.05) is 11.9 Å². The van der Waals surface area contributed by atoms with Gasteiger partial charge in [0.25, 0.3) is 0 Å². The molecule has 0 unspecified atom stereocenters. The van der Waals surface area contributed by atoms with E-state index in [0.717, 1.165) is 18.2 Å². The summed E-state index contributed by atoms with van der Waals surface area (Å²) < 4.78 is 13.3. The molecule has 0 saturated carbocycles. The fourth-order valence-corrected chi connectivity index (χ4v) is 1.69. The van der Waals surface area contributed by atoms with Crippen molar-refractivity contribution in [1.29, 1.82) is 0 Å². The first-order valence-corrected chi connectivity index (χ1v) is 6.22. The van der Waals surface area contributed by atoms with Gasteiger partial charge in [0.15, 0.2) is 0 Å². The molecule has 4 heteroatoms. The molecule has 1 rings (SSSR count). The molecule has 0 heterocycles. The van der Waals surface area contributed by atoms with Gasteiger partial charge in [-0.05, 0) is 44.5 Å². The van der Waals surface area contributed by atoms with Gasteiger partial charge in [-0.25, -0.2) is 9.18 Å². The van der Waals surface area contributed by atoms with Gasteiger partial charge in [-0.3, -0.25) is 0 Å². The van der Waals surface area contributed by atoms with E-state index < -0.39 is 5.97 Å². The molecule has 19 heavy (non-hydrogen) atoms. The first-order chi connectivity index (χ1) is 8.77. The van der Waals surface area contributed by atoms with Gasteiger partial charge < -0.3 is 10.0 Å². The average Bonchev–Trinajstić information content (AvgIpc) is 2.35. The van der Waals surface area contributed by atoms with E-state index >= 15 is 0 Å². The van der Waals surface area contributed by atoms with Gasteiger partial charge in [0.1, 0.15) is 5.82 Å². The highest BCUT2D eigenvalue weighted by molar-refractivity contribution is 5.87. The van der Waals surface area contributed by atoms with Crippen LogP contribution in [0.5, 0.6) is 0 Å². The molecule has 104 valence electrons. The van der Waals surface area contributed by atoms with Crippen LogP contribution in [0.3, 0.4) is 0 Å². The second-order valence-electron chi connectivity index (χ2n) is 5.10. The fourth-order valence-electron chi connectivity index (χ4n) is 1.69. The third-order valence-electron chi connectivity index (χ3n) is 3.53. The van der Waals surface area contributed by atoms with Gasteiger partial charge in [0, 0.05) is 29.9 Å². The summed E-state index contributed by atoms with van der Waals surface area (Å²) in [7, 11) is 1.93. The maximum absolute atomic E-state index is 13.3. The average molecular weight is 265 g/mol. The smallest absolute Gasteiger partial charge is 0.328 e. The number of anilines is 1. The summed E-state index contributed by atoms with van der Waals surface area (Å²) in [5.41, 5.74) is 1.28. The van der Waals surface area contributed by atoms with E-state index in [0.29, 0.717) is 5.56 Å². The van der Waals surface area contributed by atoms with Crippen LogP contribution in [-0.4, -0.2) is 23.7 Å². The van der Waals surface area contributed by atoms with E-state index in [-0.39, 0.29) is 11.4 Å². The Hall–Kier alpha value is -1.84. The summed E-state index contributed by atoms with van der Waals surface area (Å²) >= 11 is 0. The summed E-state index contributed by atoms with van der Waals surface area (Å²) in [5.74, 6) is -1.43. The van der Waals surface area contributed by atoms with E-state index in [2.05, 4.69) is 20.8 Å². The molecule has 0 amide bonds. The van der Waals surface area contributed by atoms with Crippen LogP contribution in [0.15, 0.2) is 24.3 Å². The Balaban J connectivity index is 3.23.